The van der Waals surface area contributed by atoms with Gasteiger partial charge in [-0.1, -0.05) is 0 Å². The van der Waals surface area contributed by atoms with Crippen LogP contribution in [0.2, 0.25) is 0 Å². The largest absolute Gasteiger partial charge is 0.383 e. The van der Waals surface area contributed by atoms with Crippen LogP contribution >= 0.6 is 0 Å². The fourth-order valence-electron chi connectivity index (χ4n) is 1.17. The Hall–Kier alpha value is -0.660. The van der Waals surface area contributed by atoms with Crippen molar-refractivity contribution in [3.63, 3.8) is 0 Å². The summed E-state index contributed by atoms with van der Waals surface area (Å²) in [5.74, 6) is -0.320. The van der Waals surface area contributed by atoms with Crippen molar-refractivity contribution in [2.24, 2.45) is 0 Å². The van der Waals surface area contributed by atoms with Gasteiger partial charge in [0.2, 0.25) is 15.9 Å². The molecule has 1 N–H and O–H groups in total. The zero-order valence-electron chi connectivity index (χ0n) is 11.1. The van der Waals surface area contributed by atoms with E-state index in [1.165, 1.54) is 7.11 Å². The molecule has 17 heavy (non-hydrogen) atoms. The van der Waals surface area contributed by atoms with E-state index in [-0.39, 0.29) is 31.1 Å². The maximum atomic E-state index is 11.6. The van der Waals surface area contributed by atoms with Crippen molar-refractivity contribution in [3.8, 4) is 0 Å². The third-order valence-electron chi connectivity index (χ3n) is 1.85. The zero-order chi connectivity index (χ0) is 13.7. The number of rotatable bonds is 6. The van der Waals surface area contributed by atoms with Crippen LogP contribution in [0.15, 0.2) is 0 Å². The van der Waals surface area contributed by atoms with Gasteiger partial charge in [0.25, 0.3) is 0 Å². The molecular weight excluding hydrogens is 244 g/mol. The maximum absolute atomic E-state index is 11.6. The topological polar surface area (TPSA) is 75.7 Å². The molecule has 0 aliphatic heterocycles. The zero-order valence-corrected chi connectivity index (χ0v) is 11.9. The number of carbonyl (C=O) groups excluding carboxylic acids is 1. The first-order valence-corrected chi connectivity index (χ1v) is 7.16. The van der Waals surface area contributed by atoms with E-state index in [0.29, 0.717) is 0 Å². The van der Waals surface area contributed by atoms with Crippen molar-refractivity contribution in [2.45, 2.75) is 26.3 Å². The Balaban J connectivity index is 4.50. The molecule has 0 saturated heterocycles. The van der Waals surface area contributed by atoms with Crippen LogP contribution in [0.25, 0.3) is 0 Å². The van der Waals surface area contributed by atoms with Crippen LogP contribution in [0.3, 0.4) is 0 Å². The van der Waals surface area contributed by atoms with Gasteiger partial charge in [0.05, 0.1) is 19.4 Å². The van der Waals surface area contributed by atoms with E-state index in [4.69, 9.17) is 4.74 Å². The number of nitrogens with one attached hydrogen (secondary N) is 1. The Morgan fingerprint density at radius 2 is 1.88 bits per heavy atom. The highest BCUT2D eigenvalue weighted by molar-refractivity contribution is 7.88. The Bertz CT molecular complexity index is 346. The number of hydrogen-bond donors (Lipinski definition) is 1. The monoisotopic (exact) mass is 266 g/mol. The second-order valence-electron chi connectivity index (χ2n) is 4.89. The van der Waals surface area contributed by atoms with Gasteiger partial charge in [-0.2, -0.15) is 4.31 Å². The van der Waals surface area contributed by atoms with Crippen LogP contribution in [0.4, 0.5) is 0 Å². The smallest absolute Gasteiger partial charge is 0.235 e. The van der Waals surface area contributed by atoms with Gasteiger partial charge in [-0.15, -0.1) is 0 Å². The van der Waals surface area contributed by atoms with Crippen LogP contribution in [-0.2, 0) is 19.6 Å². The lowest BCUT2D eigenvalue weighted by Gasteiger charge is -2.24. The van der Waals surface area contributed by atoms with Gasteiger partial charge in [-0.05, 0) is 20.8 Å². The summed E-state index contributed by atoms with van der Waals surface area (Å²) in [6.45, 7) is 5.77. The lowest BCUT2D eigenvalue weighted by molar-refractivity contribution is -0.122. The standard InChI is InChI=1S/C10H22N2O4S/c1-10(2,3)11-9(13)8-12(6-7-16-4)17(5,14)15/h6-8H2,1-5H3,(H,11,13). The first kappa shape index (κ1) is 16.3. The normalized spacial score (nSPS) is 12.8. The Kier molecular flexibility index (Phi) is 6.08. The van der Waals surface area contributed by atoms with Crippen LogP contribution in [0.1, 0.15) is 20.8 Å². The average Bonchev–Trinajstić information content (AvgIpc) is 2.07. The predicted octanol–water partition coefficient (Wildman–Crippen LogP) is -0.191. The first-order chi connectivity index (χ1) is 7.56. The molecule has 0 aliphatic rings. The van der Waals surface area contributed by atoms with Crippen molar-refractivity contribution in [2.75, 3.05) is 33.1 Å². The van der Waals surface area contributed by atoms with E-state index in [0.717, 1.165) is 10.6 Å². The van der Waals surface area contributed by atoms with Gasteiger partial charge >= 0.3 is 0 Å². The summed E-state index contributed by atoms with van der Waals surface area (Å²) in [4.78, 5) is 11.6. The molecule has 0 atom stereocenters. The van der Waals surface area contributed by atoms with E-state index in [1.54, 1.807) is 0 Å². The van der Waals surface area contributed by atoms with E-state index >= 15 is 0 Å². The highest BCUT2D eigenvalue weighted by Gasteiger charge is 2.22. The van der Waals surface area contributed by atoms with Crippen molar-refractivity contribution >= 4 is 15.9 Å². The predicted molar refractivity (Wildman–Crippen MR) is 66.2 cm³/mol. The SMILES string of the molecule is COCCN(CC(=O)NC(C)(C)C)S(C)(=O)=O. The number of methoxy groups -OCH3 is 1. The van der Waals surface area contributed by atoms with Crippen LogP contribution in [0, 0.1) is 0 Å². The van der Waals surface area contributed by atoms with E-state index in [1.807, 2.05) is 20.8 Å². The summed E-state index contributed by atoms with van der Waals surface area (Å²) in [5, 5.41) is 2.71. The number of sulfonamides is 1. The van der Waals surface area contributed by atoms with Crippen molar-refractivity contribution in [1.82, 2.24) is 9.62 Å². The number of ether oxygens (including phenoxy) is 1. The van der Waals surface area contributed by atoms with Gasteiger partial charge in [0.15, 0.2) is 0 Å². The number of hydrogen-bond acceptors (Lipinski definition) is 4. The van der Waals surface area contributed by atoms with Crippen molar-refractivity contribution < 1.29 is 17.9 Å². The van der Waals surface area contributed by atoms with Crippen molar-refractivity contribution in [1.29, 1.82) is 0 Å². The minimum atomic E-state index is -3.40. The highest BCUT2D eigenvalue weighted by Crippen LogP contribution is 2.01. The van der Waals surface area contributed by atoms with Crippen LogP contribution in [-0.4, -0.2) is 57.2 Å². The van der Waals surface area contributed by atoms with Gasteiger partial charge < -0.3 is 10.1 Å². The fourth-order valence-corrected chi connectivity index (χ4v) is 1.93. The fraction of sp³-hybridized carbons (Fsp3) is 0.900. The molecule has 7 heteroatoms. The van der Waals surface area contributed by atoms with E-state index < -0.39 is 10.0 Å². The maximum Gasteiger partial charge on any atom is 0.235 e. The number of nitrogens with zero attached hydrogens (tertiary/aromatic N) is 1. The molecule has 1 amide bonds. The molecule has 0 aromatic heterocycles. The minimum Gasteiger partial charge on any atom is -0.383 e. The molecule has 0 unspecified atom stereocenters. The molecule has 0 rings (SSSR count). The van der Waals surface area contributed by atoms with Gasteiger partial charge in [-0.3, -0.25) is 4.79 Å². The van der Waals surface area contributed by atoms with Crippen LogP contribution in [0.5, 0.6) is 0 Å². The quantitative estimate of drug-likeness (QED) is 0.723. The number of amides is 1. The third kappa shape index (κ3) is 8.12. The highest BCUT2D eigenvalue weighted by atomic mass is 32.2. The van der Waals surface area contributed by atoms with Crippen LogP contribution < -0.4 is 5.32 Å². The molecule has 0 spiro atoms. The summed E-state index contributed by atoms with van der Waals surface area (Å²) in [5.41, 5.74) is -0.373. The summed E-state index contributed by atoms with van der Waals surface area (Å²) in [7, 11) is -1.91. The van der Waals surface area contributed by atoms with E-state index in [2.05, 4.69) is 5.32 Å². The lowest BCUT2D eigenvalue weighted by Crippen LogP contribution is -2.47. The average molecular weight is 266 g/mol. The number of carbonyl (C=O) groups is 1. The molecule has 0 aromatic rings. The summed E-state index contributed by atoms with van der Waals surface area (Å²) >= 11 is 0. The Labute approximate surface area is 103 Å². The molecule has 0 saturated carbocycles. The second kappa shape index (κ2) is 6.32. The molecule has 0 heterocycles. The summed E-state index contributed by atoms with van der Waals surface area (Å²) < 4.78 is 28.8. The first-order valence-electron chi connectivity index (χ1n) is 5.31. The molecular formula is C10H22N2O4S. The second-order valence-corrected chi connectivity index (χ2v) is 6.87. The van der Waals surface area contributed by atoms with E-state index in [9.17, 15) is 13.2 Å². The molecule has 6 nitrogen and oxygen atoms in total. The molecule has 102 valence electrons. The van der Waals surface area contributed by atoms with Gasteiger partial charge in [0.1, 0.15) is 0 Å². The molecule has 0 fully saturated rings. The minimum absolute atomic E-state index is 0.174. The Morgan fingerprint density at radius 1 is 1.35 bits per heavy atom. The summed E-state index contributed by atoms with van der Waals surface area (Å²) in [6.07, 6.45) is 1.08. The van der Waals surface area contributed by atoms with Gasteiger partial charge in [0, 0.05) is 19.2 Å². The lowest BCUT2D eigenvalue weighted by atomic mass is 10.1. The Morgan fingerprint density at radius 3 is 2.24 bits per heavy atom. The summed E-state index contributed by atoms with van der Waals surface area (Å²) in [6, 6.07) is 0. The van der Waals surface area contributed by atoms with Crippen molar-refractivity contribution in [3.05, 3.63) is 0 Å². The molecule has 0 aliphatic carbocycles. The third-order valence-corrected chi connectivity index (χ3v) is 3.10. The van der Waals surface area contributed by atoms with Gasteiger partial charge in [-0.25, -0.2) is 8.42 Å². The molecule has 0 bridgehead atoms. The molecule has 0 radical (unpaired) electrons. The molecule has 0 aromatic carbocycles.